The highest BCUT2D eigenvalue weighted by Gasteiger charge is 2.39. The van der Waals surface area contributed by atoms with Gasteiger partial charge in [-0.15, -0.1) is 0 Å². The molecule has 1 aromatic carbocycles. The molecule has 1 saturated carbocycles. The Balaban J connectivity index is 1.53. The Labute approximate surface area is 218 Å². The zero-order chi connectivity index (χ0) is 25.8. The van der Waals surface area contributed by atoms with Crippen LogP contribution in [0, 0.1) is 23.1 Å². The lowest BCUT2D eigenvalue weighted by Crippen LogP contribution is -2.38. The first-order chi connectivity index (χ1) is 18.0. The normalized spacial score (nSPS) is 21.9. The maximum atomic E-state index is 14.4. The fourth-order valence-electron chi connectivity index (χ4n) is 5.17. The van der Waals surface area contributed by atoms with E-state index in [9.17, 15) is 13.6 Å². The van der Waals surface area contributed by atoms with E-state index in [1.165, 1.54) is 6.07 Å². The summed E-state index contributed by atoms with van der Waals surface area (Å²) in [6.07, 6.45) is 2.76. The van der Waals surface area contributed by atoms with Crippen molar-refractivity contribution < 1.29 is 13.6 Å². The molecule has 3 atom stereocenters. The van der Waals surface area contributed by atoms with Gasteiger partial charge in [0.15, 0.2) is 5.82 Å². The van der Waals surface area contributed by atoms with E-state index in [0.717, 1.165) is 47.6 Å². The Hall–Kier alpha value is -3.45. The average Bonchev–Trinajstić information content (AvgIpc) is 3.38. The monoisotopic (exact) mass is 522 g/mol. The number of halogens is 2. The van der Waals surface area contributed by atoms with Crippen LogP contribution in [0.5, 0.6) is 0 Å². The summed E-state index contributed by atoms with van der Waals surface area (Å²) in [7, 11) is 0. The van der Waals surface area contributed by atoms with E-state index in [-0.39, 0.29) is 24.8 Å². The number of amides is 1. The molecule has 1 N–H and O–H groups in total. The minimum Gasteiger partial charge on any atom is -0.370 e. The van der Waals surface area contributed by atoms with Crippen LogP contribution in [0.1, 0.15) is 30.9 Å². The van der Waals surface area contributed by atoms with Crippen molar-refractivity contribution in [1.29, 1.82) is 5.26 Å². The van der Waals surface area contributed by atoms with E-state index < -0.39 is 17.9 Å². The van der Waals surface area contributed by atoms with Gasteiger partial charge in [-0.05, 0) is 49.1 Å². The van der Waals surface area contributed by atoms with Gasteiger partial charge in [-0.2, -0.15) is 22.1 Å². The average molecular weight is 523 g/mol. The van der Waals surface area contributed by atoms with E-state index in [2.05, 4.69) is 27.3 Å². The van der Waals surface area contributed by atoms with Crippen LogP contribution in [-0.2, 0) is 4.79 Å². The van der Waals surface area contributed by atoms with E-state index in [0.29, 0.717) is 24.4 Å². The summed E-state index contributed by atoms with van der Waals surface area (Å²) in [5.41, 5.74) is 3.59. The number of nitrogens with one attached hydrogen (secondary N) is 1. The summed E-state index contributed by atoms with van der Waals surface area (Å²) in [5.74, 6) is 0.893. The number of pyridine rings is 1. The van der Waals surface area contributed by atoms with Gasteiger partial charge in [-0.3, -0.25) is 4.79 Å². The van der Waals surface area contributed by atoms with Crippen molar-refractivity contribution in [3.05, 3.63) is 60.3 Å². The summed E-state index contributed by atoms with van der Waals surface area (Å²) in [6, 6.07) is 13.1. The van der Waals surface area contributed by atoms with Crippen molar-refractivity contribution in [2.24, 2.45) is 5.92 Å². The summed E-state index contributed by atoms with van der Waals surface area (Å²) >= 11 is 1.96. The molecular weight excluding hydrogens is 494 g/mol. The molecule has 5 rings (SSSR count). The van der Waals surface area contributed by atoms with Crippen molar-refractivity contribution in [3.63, 3.8) is 0 Å². The number of alkyl halides is 1. The molecule has 0 bridgehead atoms. The minimum atomic E-state index is -1.08. The number of hydrogen-bond acceptors (Lipinski definition) is 6. The smallest absolute Gasteiger partial charge is 0.224 e. The van der Waals surface area contributed by atoms with Crippen LogP contribution in [0.2, 0.25) is 0 Å². The molecule has 192 valence electrons. The summed E-state index contributed by atoms with van der Waals surface area (Å²) < 4.78 is 29.5. The third-order valence-corrected chi connectivity index (χ3v) is 8.00. The van der Waals surface area contributed by atoms with Gasteiger partial charge in [0.05, 0.1) is 18.0 Å². The van der Waals surface area contributed by atoms with Gasteiger partial charge in [-0.1, -0.05) is 12.1 Å². The van der Waals surface area contributed by atoms with Gasteiger partial charge in [-0.25, -0.2) is 18.4 Å². The lowest BCUT2D eigenvalue weighted by Gasteiger charge is -2.32. The number of carbonyl (C=O) groups excluding carboxylic acids is 1. The Bertz CT molecular complexity index is 1270. The van der Waals surface area contributed by atoms with Gasteiger partial charge in [0.25, 0.3) is 0 Å². The van der Waals surface area contributed by atoms with Gasteiger partial charge >= 0.3 is 0 Å². The summed E-state index contributed by atoms with van der Waals surface area (Å²) in [6.45, 7) is 1.89. The maximum absolute atomic E-state index is 14.4. The molecule has 2 aromatic heterocycles. The number of nitriles is 1. The van der Waals surface area contributed by atoms with E-state index in [1.807, 2.05) is 36.2 Å². The van der Waals surface area contributed by atoms with Crippen molar-refractivity contribution in [3.8, 4) is 23.0 Å². The van der Waals surface area contributed by atoms with E-state index in [1.54, 1.807) is 10.7 Å². The Morgan fingerprint density at radius 2 is 1.95 bits per heavy atom. The summed E-state index contributed by atoms with van der Waals surface area (Å²) in [5, 5.41) is 16.3. The summed E-state index contributed by atoms with van der Waals surface area (Å²) in [4.78, 5) is 19.5. The molecule has 1 saturated heterocycles. The number of anilines is 1. The molecule has 1 unspecified atom stereocenters. The van der Waals surface area contributed by atoms with E-state index >= 15 is 0 Å². The number of rotatable bonds is 6. The molecule has 3 aromatic rings. The van der Waals surface area contributed by atoms with Crippen molar-refractivity contribution in [2.45, 2.75) is 31.4 Å². The molecular formula is C27H28F2N6OS. The second-order valence-electron chi connectivity index (χ2n) is 9.35. The van der Waals surface area contributed by atoms with Crippen molar-refractivity contribution in [1.82, 2.24) is 20.1 Å². The highest BCUT2D eigenvalue weighted by Crippen LogP contribution is 2.42. The topological polar surface area (TPSA) is 86.8 Å². The molecule has 3 heterocycles. The highest BCUT2D eigenvalue weighted by molar-refractivity contribution is 7.99. The number of nitrogens with zero attached hydrogens (tertiary/aromatic N) is 5. The highest BCUT2D eigenvalue weighted by atomic mass is 32.2. The molecule has 7 nitrogen and oxygen atoms in total. The first kappa shape index (κ1) is 25.2. The largest absolute Gasteiger partial charge is 0.370 e. The molecule has 2 aliphatic rings. The third-order valence-electron chi connectivity index (χ3n) is 7.06. The first-order valence-corrected chi connectivity index (χ1v) is 13.6. The number of aromatic nitrogens is 3. The van der Waals surface area contributed by atoms with Gasteiger partial charge < -0.3 is 10.2 Å². The van der Waals surface area contributed by atoms with Crippen LogP contribution in [0.4, 0.5) is 14.5 Å². The van der Waals surface area contributed by atoms with Crippen molar-refractivity contribution >= 4 is 23.4 Å². The number of carbonyl (C=O) groups is 1. The van der Waals surface area contributed by atoms with Crippen LogP contribution < -0.4 is 10.2 Å². The molecule has 1 aliphatic carbocycles. The second kappa shape index (κ2) is 11.3. The fraction of sp³-hybridized carbons (Fsp3) is 0.407. The minimum absolute atomic E-state index is 0.0783. The Morgan fingerprint density at radius 1 is 1.16 bits per heavy atom. The number of thioether (sulfide) groups is 1. The number of benzene rings is 1. The first-order valence-electron chi connectivity index (χ1n) is 12.5. The molecule has 2 fully saturated rings. The maximum Gasteiger partial charge on any atom is 0.224 e. The van der Waals surface area contributed by atoms with Crippen LogP contribution in [0.15, 0.2) is 48.8 Å². The van der Waals surface area contributed by atoms with Gasteiger partial charge in [0.1, 0.15) is 18.5 Å². The van der Waals surface area contributed by atoms with Gasteiger partial charge in [0.2, 0.25) is 5.91 Å². The Morgan fingerprint density at radius 3 is 2.65 bits per heavy atom. The third kappa shape index (κ3) is 5.62. The standard InChI is InChI=1S/C27H28F2N6OS/c28-19-3-7-22(23(15-19)27(36)31-10-9-30)26-24(17-35(33-26)25-8-4-20(29)16-32-25)18-1-5-21(6-2-18)34-11-13-37-14-12-34/h1-2,4-6,8,16-17,19,22-23H,3,7,10-15H2,(H,31,36)/t19-,22+,23?/m0/s1. The second-order valence-corrected chi connectivity index (χ2v) is 10.6. The quantitative estimate of drug-likeness (QED) is 0.480. The van der Waals surface area contributed by atoms with Gasteiger partial charge in [0, 0.05) is 53.9 Å². The molecule has 0 spiro atoms. The predicted octanol–water partition coefficient (Wildman–Crippen LogP) is 4.49. The number of hydrogen-bond donors (Lipinski definition) is 1. The van der Waals surface area contributed by atoms with Crippen LogP contribution in [0.25, 0.3) is 16.9 Å². The lowest BCUT2D eigenvalue weighted by atomic mass is 9.75. The molecule has 37 heavy (non-hydrogen) atoms. The predicted molar refractivity (Wildman–Crippen MR) is 140 cm³/mol. The van der Waals surface area contributed by atoms with Crippen LogP contribution in [0.3, 0.4) is 0 Å². The van der Waals surface area contributed by atoms with Crippen LogP contribution >= 0.6 is 11.8 Å². The van der Waals surface area contributed by atoms with Crippen molar-refractivity contribution in [2.75, 3.05) is 36.0 Å². The zero-order valence-corrected chi connectivity index (χ0v) is 21.1. The molecule has 1 amide bonds. The molecule has 0 radical (unpaired) electrons. The van der Waals surface area contributed by atoms with Crippen LogP contribution in [-0.4, -0.2) is 58.0 Å². The SMILES string of the molecule is N#CCNC(=O)C1C[C@@H](F)CC[C@H]1c1nn(-c2ccc(F)cn2)cc1-c1ccc(N2CCSCC2)cc1. The lowest BCUT2D eigenvalue weighted by molar-refractivity contribution is -0.127. The fourth-order valence-corrected chi connectivity index (χ4v) is 6.07. The van der Waals surface area contributed by atoms with E-state index in [4.69, 9.17) is 10.4 Å². The Kier molecular flexibility index (Phi) is 7.70. The molecule has 10 heteroatoms. The molecule has 1 aliphatic heterocycles. The zero-order valence-electron chi connectivity index (χ0n) is 20.3.